The molecule has 7 nitrogen and oxygen atoms in total. The van der Waals surface area contributed by atoms with Crippen LogP contribution in [0, 0.1) is 0 Å². The zero-order valence-corrected chi connectivity index (χ0v) is 15.9. The molecule has 1 saturated heterocycles. The molecular weight excluding hydrogens is 366 g/mol. The molecule has 1 unspecified atom stereocenters. The Hall–Kier alpha value is -2.58. The molecule has 3 rings (SSSR count). The second kappa shape index (κ2) is 7.98. The maximum atomic E-state index is 12.7. The van der Waals surface area contributed by atoms with Crippen LogP contribution in [0.2, 0.25) is 0 Å². The van der Waals surface area contributed by atoms with Gasteiger partial charge in [-0.15, -0.1) is 0 Å². The van der Waals surface area contributed by atoms with Crippen LogP contribution in [0.1, 0.15) is 23.2 Å². The van der Waals surface area contributed by atoms with E-state index in [4.69, 9.17) is 10.5 Å². The number of carbonyl (C=O) groups is 1. The molecule has 0 radical (unpaired) electrons. The Morgan fingerprint density at radius 3 is 2.63 bits per heavy atom. The van der Waals surface area contributed by atoms with Crippen molar-refractivity contribution in [3.63, 3.8) is 0 Å². The second-order valence-corrected chi connectivity index (χ2v) is 8.20. The molecule has 1 heterocycles. The lowest BCUT2D eigenvalue weighted by Crippen LogP contribution is -2.45. The van der Waals surface area contributed by atoms with Crippen molar-refractivity contribution < 1.29 is 17.9 Å². The predicted octanol–water partition coefficient (Wildman–Crippen LogP) is 2.06. The summed E-state index contributed by atoms with van der Waals surface area (Å²) in [6.07, 6.45) is 1.74. The number of methoxy groups -OCH3 is 1. The summed E-state index contributed by atoms with van der Waals surface area (Å²) in [4.78, 5) is 14.4. The van der Waals surface area contributed by atoms with Crippen molar-refractivity contribution in [2.45, 2.75) is 23.8 Å². The molecular formula is C19H23N3O4S. The number of anilines is 1. The fourth-order valence-electron chi connectivity index (χ4n) is 3.05. The van der Waals surface area contributed by atoms with E-state index in [0.29, 0.717) is 30.1 Å². The third-order valence-electron chi connectivity index (χ3n) is 4.48. The quantitative estimate of drug-likeness (QED) is 0.815. The monoisotopic (exact) mass is 389 g/mol. The fourth-order valence-corrected chi connectivity index (χ4v) is 4.15. The normalized spacial score (nSPS) is 17.4. The first kappa shape index (κ1) is 19.2. The lowest BCUT2D eigenvalue weighted by molar-refractivity contribution is 0.0708. The van der Waals surface area contributed by atoms with Crippen molar-refractivity contribution in [2.24, 2.45) is 5.73 Å². The standard InChI is InChI=1S/C19H23N3O4S/c1-26-17-9-7-16(8-10-17)21-27(24,25)18-6-2-4-14(12-18)19(23)22-11-3-5-15(20)13-22/h2,4,6-10,12,15,21H,3,5,11,13,20H2,1H3. The number of sulfonamides is 1. The molecule has 0 aromatic heterocycles. The van der Waals surface area contributed by atoms with Gasteiger partial charge in [-0.2, -0.15) is 0 Å². The lowest BCUT2D eigenvalue weighted by atomic mass is 10.1. The molecule has 2 aromatic rings. The summed E-state index contributed by atoms with van der Waals surface area (Å²) in [7, 11) is -2.28. The third-order valence-corrected chi connectivity index (χ3v) is 5.86. The molecule has 1 aliphatic heterocycles. The van der Waals surface area contributed by atoms with Crippen molar-refractivity contribution in [3.05, 3.63) is 54.1 Å². The highest BCUT2D eigenvalue weighted by atomic mass is 32.2. The maximum Gasteiger partial charge on any atom is 0.261 e. The van der Waals surface area contributed by atoms with E-state index in [1.54, 1.807) is 41.3 Å². The van der Waals surface area contributed by atoms with E-state index in [2.05, 4.69) is 4.72 Å². The van der Waals surface area contributed by atoms with E-state index in [1.165, 1.54) is 19.2 Å². The van der Waals surface area contributed by atoms with Gasteiger partial charge in [-0.1, -0.05) is 6.07 Å². The molecule has 0 aliphatic carbocycles. The summed E-state index contributed by atoms with van der Waals surface area (Å²) in [6, 6.07) is 12.6. The van der Waals surface area contributed by atoms with Crippen LogP contribution in [0.3, 0.4) is 0 Å². The SMILES string of the molecule is COc1ccc(NS(=O)(=O)c2cccc(C(=O)N3CCCC(N)C3)c2)cc1. The second-order valence-electron chi connectivity index (χ2n) is 6.52. The van der Waals surface area contributed by atoms with Gasteiger partial charge in [0.15, 0.2) is 0 Å². The minimum atomic E-state index is -3.82. The van der Waals surface area contributed by atoms with E-state index in [-0.39, 0.29) is 16.8 Å². The largest absolute Gasteiger partial charge is 0.497 e. The van der Waals surface area contributed by atoms with Gasteiger partial charge in [0.25, 0.3) is 15.9 Å². The number of carbonyl (C=O) groups excluding carboxylic acids is 1. The minimum Gasteiger partial charge on any atom is -0.497 e. The first-order valence-electron chi connectivity index (χ1n) is 8.71. The van der Waals surface area contributed by atoms with Crippen molar-refractivity contribution in [1.29, 1.82) is 0 Å². The molecule has 0 spiro atoms. The smallest absolute Gasteiger partial charge is 0.261 e. The van der Waals surface area contributed by atoms with Gasteiger partial charge in [-0.25, -0.2) is 8.42 Å². The first-order valence-corrected chi connectivity index (χ1v) is 10.2. The highest BCUT2D eigenvalue weighted by molar-refractivity contribution is 7.92. The number of nitrogens with zero attached hydrogens (tertiary/aromatic N) is 1. The zero-order chi connectivity index (χ0) is 19.4. The van der Waals surface area contributed by atoms with Crippen molar-refractivity contribution in [3.8, 4) is 5.75 Å². The summed E-state index contributed by atoms with van der Waals surface area (Å²) in [5.74, 6) is 0.428. The van der Waals surface area contributed by atoms with Crippen LogP contribution in [-0.4, -0.2) is 45.5 Å². The molecule has 0 bridgehead atoms. The van der Waals surface area contributed by atoms with E-state index in [9.17, 15) is 13.2 Å². The molecule has 144 valence electrons. The molecule has 1 amide bonds. The van der Waals surface area contributed by atoms with Crippen molar-refractivity contribution >= 4 is 21.6 Å². The van der Waals surface area contributed by atoms with Crippen molar-refractivity contribution in [2.75, 3.05) is 24.9 Å². The average Bonchev–Trinajstić information content (AvgIpc) is 2.68. The fraction of sp³-hybridized carbons (Fsp3) is 0.316. The number of hydrogen-bond acceptors (Lipinski definition) is 5. The van der Waals surface area contributed by atoms with Crippen LogP contribution in [0.5, 0.6) is 5.75 Å². The number of nitrogens with two attached hydrogens (primary N) is 1. The number of likely N-dealkylation sites (tertiary alicyclic amines) is 1. The topological polar surface area (TPSA) is 102 Å². The molecule has 27 heavy (non-hydrogen) atoms. The summed E-state index contributed by atoms with van der Waals surface area (Å²) >= 11 is 0. The molecule has 1 fully saturated rings. The summed E-state index contributed by atoms with van der Waals surface area (Å²) in [5, 5.41) is 0. The average molecular weight is 389 g/mol. The van der Waals surface area contributed by atoms with Gasteiger partial charge in [0.05, 0.1) is 12.0 Å². The van der Waals surface area contributed by atoms with Crippen LogP contribution in [0.15, 0.2) is 53.4 Å². The number of benzene rings is 2. The van der Waals surface area contributed by atoms with Gasteiger partial charge in [0.1, 0.15) is 5.75 Å². The van der Waals surface area contributed by atoms with Gasteiger partial charge in [-0.05, 0) is 55.3 Å². The van der Waals surface area contributed by atoms with Gasteiger partial charge in [-0.3, -0.25) is 9.52 Å². The number of amides is 1. The zero-order valence-electron chi connectivity index (χ0n) is 15.1. The number of rotatable bonds is 5. The van der Waals surface area contributed by atoms with Crippen LogP contribution in [-0.2, 0) is 10.0 Å². The Labute approximate surface area is 159 Å². The highest BCUT2D eigenvalue weighted by Crippen LogP contribution is 2.21. The van der Waals surface area contributed by atoms with Gasteiger partial charge in [0.2, 0.25) is 0 Å². The molecule has 8 heteroatoms. The van der Waals surface area contributed by atoms with Crippen LogP contribution >= 0.6 is 0 Å². The van der Waals surface area contributed by atoms with Crippen LogP contribution in [0.25, 0.3) is 0 Å². The third kappa shape index (κ3) is 4.58. The van der Waals surface area contributed by atoms with E-state index in [1.807, 2.05) is 0 Å². The Balaban J connectivity index is 1.79. The summed E-state index contributed by atoms with van der Waals surface area (Å²) in [5.41, 5.74) is 6.68. The summed E-state index contributed by atoms with van der Waals surface area (Å²) in [6.45, 7) is 1.12. The predicted molar refractivity (Wildman–Crippen MR) is 103 cm³/mol. The van der Waals surface area contributed by atoms with E-state index in [0.717, 1.165) is 12.8 Å². The number of hydrogen-bond donors (Lipinski definition) is 2. The highest BCUT2D eigenvalue weighted by Gasteiger charge is 2.24. The molecule has 1 atom stereocenters. The first-order chi connectivity index (χ1) is 12.9. The Morgan fingerprint density at radius 1 is 1.22 bits per heavy atom. The number of ether oxygens (including phenoxy) is 1. The van der Waals surface area contributed by atoms with Gasteiger partial charge >= 0.3 is 0 Å². The maximum absolute atomic E-state index is 12.7. The molecule has 0 saturated carbocycles. The van der Waals surface area contributed by atoms with Crippen molar-refractivity contribution in [1.82, 2.24) is 4.90 Å². The molecule has 1 aliphatic rings. The van der Waals surface area contributed by atoms with E-state index >= 15 is 0 Å². The lowest BCUT2D eigenvalue weighted by Gasteiger charge is -2.30. The molecule has 3 N–H and O–H groups in total. The van der Waals surface area contributed by atoms with Gasteiger partial charge < -0.3 is 15.4 Å². The van der Waals surface area contributed by atoms with Gasteiger partial charge in [0, 0.05) is 30.4 Å². The Kier molecular flexibility index (Phi) is 5.67. The Morgan fingerprint density at radius 2 is 1.96 bits per heavy atom. The Bertz CT molecular complexity index is 913. The van der Waals surface area contributed by atoms with E-state index < -0.39 is 10.0 Å². The number of piperidine rings is 1. The number of nitrogens with one attached hydrogen (secondary N) is 1. The minimum absolute atomic E-state index is 0.0328. The van der Waals surface area contributed by atoms with Crippen LogP contribution in [0.4, 0.5) is 5.69 Å². The van der Waals surface area contributed by atoms with Crippen LogP contribution < -0.4 is 15.2 Å². The molecule has 2 aromatic carbocycles. The summed E-state index contributed by atoms with van der Waals surface area (Å²) < 4.78 is 32.9.